The molecule has 0 heterocycles. The zero-order valence-corrected chi connectivity index (χ0v) is 11.4. The average Bonchev–Trinajstić information content (AvgIpc) is 2.90. The second-order valence-electron chi connectivity index (χ2n) is 5.32. The van der Waals surface area contributed by atoms with Gasteiger partial charge in [-0.1, -0.05) is 25.7 Å². The number of hydrogen-bond acceptors (Lipinski definition) is 3. The van der Waals surface area contributed by atoms with Gasteiger partial charge in [-0.05, 0) is 36.6 Å². The molecule has 5 heteroatoms. The molecule has 2 N–H and O–H groups in total. The smallest absolute Gasteiger partial charge is 0.387 e. The minimum Gasteiger partial charge on any atom is -0.435 e. The molecule has 20 heavy (non-hydrogen) atoms. The maximum atomic E-state index is 12.0. The summed E-state index contributed by atoms with van der Waals surface area (Å²) in [7, 11) is 0. The number of nitrogens with one attached hydrogen (secondary N) is 1. The van der Waals surface area contributed by atoms with E-state index in [4.69, 9.17) is 0 Å². The van der Waals surface area contributed by atoms with Crippen molar-refractivity contribution in [3.8, 4) is 5.75 Å². The van der Waals surface area contributed by atoms with Crippen molar-refractivity contribution in [1.82, 2.24) is 0 Å². The van der Waals surface area contributed by atoms with Gasteiger partial charge in [0.2, 0.25) is 0 Å². The van der Waals surface area contributed by atoms with E-state index in [2.05, 4.69) is 10.1 Å². The lowest BCUT2D eigenvalue weighted by Crippen LogP contribution is -2.21. The van der Waals surface area contributed by atoms with Crippen molar-refractivity contribution >= 4 is 5.69 Å². The van der Waals surface area contributed by atoms with Crippen molar-refractivity contribution in [3.05, 3.63) is 24.3 Å². The van der Waals surface area contributed by atoms with E-state index in [1.54, 1.807) is 12.1 Å². The molecule has 112 valence electrons. The van der Waals surface area contributed by atoms with Crippen LogP contribution in [-0.4, -0.2) is 24.4 Å². The van der Waals surface area contributed by atoms with Crippen LogP contribution in [0.15, 0.2) is 24.3 Å². The van der Waals surface area contributed by atoms with Crippen LogP contribution in [-0.2, 0) is 0 Å². The molecular formula is C15H21F2NO2. The number of halogens is 2. The molecule has 2 rings (SSSR count). The Hall–Kier alpha value is -1.36. The minimum absolute atomic E-state index is 0.136. The molecule has 0 aliphatic heterocycles. The molecule has 0 bridgehead atoms. The van der Waals surface area contributed by atoms with Gasteiger partial charge in [-0.15, -0.1) is 0 Å². The number of benzene rings is 1. The molecule has 0 saturated heterocycles. The third-order valence-electron chi connectivity index (χ3n) is 3.70. The third kappa shape index (κ3) is 4.96. The fraction of sp³-hybridized carbons (Fsp3) is 0.600. The van der Waals surface area contributed by atoms with Gasteiger partial charge in [-0.25, -0.2) is 0 Å². The molecule has 0 radical (unpaired) electrons. The molecule has 1 aromatic carbocycles. The summed E-state index contributed by atoms with van der Waals surface area (Å²) >= 11 is 0. The first-order chi connectivity index (χ1) is 9.63. The largest absolute Gasteiger partial charge is 0.435 e. The second-order valence-corrected chi connectivity index (χ2v) is 5.32. The van der Waals surface area contributed by atoms with Gasteiger partial charge < -0.3 is 15.2 Å². The second kappa shape index (κ2) is 7.43. The van der Waals surface area contributed by atoms with Crippen molar-refractivity contribution in [2.45, 2.75) is 44.8 Å². The highest BCUT2D eigenvalue weighted by molar-refractivity contribution is 5.46. The molecule has 1 aromatic rings. The van der Waals surface area contributed by atoms with Crippen LogP contribution in [0.2, 0.25) is 0 Å². The molecule has 1 saturated carbocycles. The highest BCUT2D eigenvalue weighted by Gasteiger charge is 2.18. The van der Waals surface area contributed by atoms with E-state index in [9.17, 15) is 13.9 Å². The van der Waals surface area contributed by atoms with E-state index >= 15 is 0 Å². The van der Waals surface area contributed by atoms with Crippen LogP contribution in [0, 0.1) is 5.92 Å². The van der Waals surface area contributed by atoms with Crippen LogP contribution >= 0.6 is 0 Å². The Morgan fingerprint density at radius 1 is 1.20 bits per heavy atom. The van der Waals surface area contributed by atoms with Crippen LogP contribution in [0.4, 0.5) is 14.5 Å². The predicted molar refractivity (Wildman–Crippen MR) is 74.1 cm³/mol. The zero-order valence-electron chi connectivity index (χ0n) is 11.4. The van der Waals surface area contributed by atoms with E-state index < -0.39 is 6.61 Å². The molecule has 0 spiro atoms. The van der Waals surface area contributed by atoms with E-state index in [1.165, 1.54) is 37.8 Å². The SMILES string of the molecule is OC(CNc1ccc(OC(F)F)cc1)CC1CCCC1. The summed E-state index contributed by atoms with van der Waals surface area (Å²) in [5.74, 6) is 0.783. The van der Waals surface area contributed by atoms with Crippen molar-refractivity contribution in [2.24, 2.45) is 5.92 Å². The van der Waals surface area contributed by atoms with Crippen LogP contribution in [0.3, 0.4) is 0 Å². The van der Waals surface area contributed by atoms with Gasteiger partial charge in [0.1, 0.15) is 5.75 Å². The summed E-state index contributed by atoms with van der Waals surface area (Å²) in [6.45, 7) is -2.33. The van der Waals surface area contributed by atoms with Gasteiger partial charge in [-0.2, -0.15) is 8.78 Å². The van der Waals surface area contributed by atoms with Crippen LogP contribution in [0.5, 0.6) is 5.75 Å². The summed E-state index contributed by atoms with van der Waals surface area (Å²) < 4.78 is 28.3. The third-order valence-corrected chi connectivity index (χ3v) is 3.70. The molecule has 1 aliphatic carbocycles. The highest BCUT2D eigenvalue weighted by Crippen LogP contribution is 2.28. The molecule has 3 nitrogen and oxygen atoms in total. The highest BCUT2D eigenvalue weighted by atomic mass is 19.3. The normalized spacial score (nSPS) is 17.4. The van der Waals surface area contributed by atoms with Gasteiger partial charge in [-0.3, -0.25) is 0 Å². The number of aliphatic hydroxyl groups is 1. The van der Waals surface area contributed by atoms with Crippen molar-refractivity contribution in [3.63, 3.8) is 0 Å². The van der Waals surface area contributed by atoms with E-state index in [0.717, 1.165) is 12.1 Å². The fourth-order valence-electron chi connectivity index (χ4n) is 2.70. The number of hydrogen-bond donors (Lipinski definition) is 2. The lowest BCUT2D eigenvalue weighted by molar-refractivity contribution is -0.0498. The van der Waals surface area contributed by atoms with Gasteiger partial charge in [0, 0.05) is 12.2 Å². The van der Waals surface area contributed by atoms with Gasteiger partial charge in [0.15, 0.2) is 0 Å². The lowest BCUT2D eigenvalue weighted by atomic mass is 10.00. The number of aliphatic hydroxyl groups excluding tert-OH is 1. The van der Waals surface area contributed by atoms with Crippen molar-refractivity contribution in [1.29, 1.82) is 0 Å². The Kier molecular flexibility index (Phi) is 5.59. The Balaban J connectivity index is 1.72. The minimum atomic E-state index is -2.80. The van der Waals surface area contributed by atoms with Crippen molar-refractivity contribution < 1.29 is 18.6 Å². The lowest BCUT2D eigenvalue weighted by Gasteiger charge is -2.16. The van der Waals surface area contributed by atoms with Gasteiger partial charge >= 0.3 is 6.61 Å². The summed E-state index contributed by atoms with van der Waals surface area (Å²) in [5.41, 5.74) is 0.789. The molecule has 1 fully saturated rings. The maximum Gasteiger partial charge on any atom is 0.387 e. The van der Waals surface area contributed by atoms with E-state index in [-0.39, 0.29) is 11.9 Å². The molecule has 1 unspecified atom stereocenters. The van der Waals surface area contributed by atoms with E-state index in [1.807, 2.05) is 0 Å². The quantitative estimate of drug-likeness (QED) is 0.803. The summed E-state index contributed by atoms with van der Waals surface area (Å²) in [6.07, 6.45) is 5.45. The zero-order chi connectivity index (χ0) is 14.4. The predicted octanol–water partition coefficient (Wildman–Crippen LogP) is 3.64. The number of anilines is 1. The Morgan fingerprint density at radius 3 is 2.45 bits per heavy atom. The standard InChI is InChI=1S/C15H21F2NO2/c16-15(17)20-14-7-5-12(6-8-14)18-10-13(19)9-11-3-1-2-4-11/h5-8,11,13,15,18-19H,1-4,9-10H2. The van der Waals surface area contributed by atoms with E-state index in [0.29, 0.717) is 12.5 Å². The number of rotatable bonds is 7. The molecular weight excluding hydrogens is 264 g/mol. The number of alkyl halides is 2. The van der Waals surface area contributed by atoms with Crippen molar-refractivity contribution in [2.75, 3.05) is 11.9 Å². The van der Waals surface area contributed by atoms with Crippen LogP contribution < -0.4 is 10.1 Å². The fourth-order valence-corrected chi connectivity index (χ4v) is 2.70. The first-order valence-corrected chi connectivity index (χ1v) is 7.10. The Bertz CT molecular complexity index is 391. The first kappa shape index (κ1) is 15.0. The van der Waals surface area contributed by atoms with Gasteiger partial charge in [0.25, 0.3) is 0 Å². The van der Waals surface area contributed by atoms with Crippen LogP contribution in [0.1, 0.15) is 32.1 Å². The van der Waals surface area contributed by atoms with Crippen LogP contribution in [0.25, 0.3) is 0 Å². The summed E-state index contributed by atoms with van der Waals surface area (Å²) in [5, 5.41) is 13.1. The molecule has 0 amide bonds. The first-order valence-electron chi connectivity index (χ1n) is 7.10. The summed E-state index contributed by atoms with van der Waals surface area (Å²) in [6, 6.07) is 6.30. The molecule has 1 aliphatic rings. The van der Waals surface area contributed by atoms with Gasteiger partial charge in [0.05, 0.1) is 6.10 Å². The molecule has 1 atom stereocenters. The topological polar surface area (TPSA) is 41.5 Å². The monoisotopic (exact) mass is 285 g/mol. The summed E-state index contributed by atoms with van der Waals surface area (Å²) in [4.78, 5) is 0. The maximum absolute atomic E-state index is 12.0. The average molecular weight is 285 g/mol. The number of ether oxygens (including phenoxy) is 1. The Labute approximate surface area is 117 Å². The molecule has 0 aromatic heterocycles. The Morgan fingerprint density at radius 2 is 1.85 bits per heavy atom.